The molecule has 32 heavy (non-hydrogen) atoms. The summed E-state index contributed by atoms with van der Waals surface area (Å²) in [5.41, 5.74) is -0.904. The number of allylic oxidation sites excluding steroid dienone is 2. The van der Waals surface area contributed by atoms with Gasteiger partial charge in [-0.3, -0.25) is 10.1 Å². The number of hydrogen-bond acceptors (Lipinski definition) is 6. The molecule has 0 aromatic carbocycles. The zero-order valence-electron chi connectivity index (χ0n) is 18.5. The summed E-state index contributed by atoms with van der Waals surface area (Å²) in [6, 6.07) is 5.29. The maximum Gasteiger partial charge on any atom is 0.408 e. The first-order chi connectivity index (χ1) is 15.2. The van der Waals surface area contributed by atoms with Gasteiger partial charge in [0.15, 0.2) is 5.78 Å². The summed E-state index contributed by atoms with van der Waals surface area (Å²) in [6.45, 7) is 5.56. The Kier molecular flexibility index (Phi) is 9.46. The fourth-order valence-electron chi connectivity index (χ4n) is 3.09. The van der Waals surface area contributed by atoms with E-state index in [1.807, 2.05) is 19.1 Å². The first kappa shape index (κ1) is 25.1. The second-order valence-corrected chi connectivity index (χ2v) is 8.79. The van der Waals surface area contributed by atoms with Gasteiger partial charge in [0.2, 0.25) is 0 Å². The Labute approximate surface area is 191 Å². The zero-order valence-corrected chi connectivity index (χ0v) is 19.3. The highest BCUT2D eigenvalue weighted by Crippen LogP contribution is 2.27. The van der Waals surface area contributed by atoms with E-state index >= 15 is 0 Å². The molecule has 0 bridgehead atoms. The number of carboxylic acid groups (broad SMARTS) is 1. The molecule has 0 saturated carbocycles. The Morgan fingerprint density at radius 1 is 1.31 bits per heavy atom. The number of rotatable bonds is 11. The number of hydrogen-bond donors (Lipinski definition) is 3. The number of Topliss-reactive ketones (excluding diaryl/α,β-unsaturated/α-hetero) is 1. The number of unbranched alkanes of at least 4 members (excludes halogenated alkanes) is 1. The van der Waals surface area contributed by atoms with Gasteiger partial charge in [-0.1, -0.05) is 26.3 Å². The summed E-state index contributed by atoms with van der Waals surface area (Å²) in [7, 11) is 0. The van der Waals surface area contributed by atoms with E-state index < -0.39 is 23.3 Å². The lowest BCUT2D eigenvalue weighted by Gasteiger charge is -2.11. The van der Waals surface area contributed by atoms with Crippen LogP contribution in [0.5, 0.6) is 5.75 Å². The number of amides is 1. The molecule has 7 nitrogen and oxygen atoms in total. The molecule has 0 aliphatic carbocycles. The largest absolute Gasteiger partial charge is 0.507 e. The normalized spacial score (nSPS) is 12.8. The third-order valence-electron chi connectivity index (χ3n) is 4.93. The molecule has 3 N–H and O–H groups in total. The van der Waals surface area contributed by atoms with Crippen molar-refractivity contribution >= 4 is 29.3 Å². The van der Waals surface area contributed by atoms with Gasteiger partial charge in [-0.15, -0.1) is 11.3 Å². The quantitative estimate of drug-likeness (QED) is 0.293. The van der Waals surface area contributed by atoms with Crippen LogP contribution in [0.3, 0.4) is 0 Å². The third kappa shape index (κ3) is 7.23. The van der Waals surface area contributed by atoms with E-state index in [0.29, 0.717) is 18.4 Å². The van der Waals surface area contributed by atoms with Crippen LogP contribution in [0, 0.1) is 0 Å². The van der Waals surface area contributed by atoms with Gasteiger partial charge < -0.3 is 14.6 Å². The van der Waals surface area contributed by atoms with Crippen LogP contribution in [0.1, 0.15) is 78.2 Å². The lowest BCUT2D eigenvalue weighted by atomic mass is 10.00. The number of ketones is 1. The summed E-state index contributed by atoms with van der Waals surface area (Å²) in [5.74, 6) is -0.916. The molecule has 1 unspecified atom stereocenters. The number of carbonyl (C=O) groups excluding carboxylic acids is 1. The van der Waals surface area contributed by atoms with Crippen LogP contribution in [-0.4, -0.2) is 22.1 Å². The summed E-state index contributed by atoms with van der Waals surface area (Å²) < 4.78 is 5.32. The highest BCUT2D eigenvalue weighted by atomic mass is 32.1. The average Bonchev–Trinajstić information content (AvgIpc) is 3.18. The topological polar surface area (TPSA) is 117 Å². The second-order valence-electron chi connectivity index (χ2n) is 7.59. The fourth-order valence-corrected chi connectivity index (χ4v) is 4.14. The highest BCUT2D eigenvalue weighted by Gasteiger charge is 2.22. The first-order valence-electron chi connectivity index (χ1n) is 10.6. The van der Waals surface area contributed by atoms with Gasteiger partial charge in [0.25, 0.3) is 0 Å². The van der Waals surface area contributed by atoms with Crippen molar-refractivity contribution in [2.24, 2.45) is 0 Å². The molecule has 0 spiro atoms. The smallest absolute Gasteiger partial charge is 0.408 e. The number of aryl methyl sites for hydroxylation is 1. The van der Waals surface area contributed by atoms with Crippen LogP contribution in [0.2, 0.25) is 0 Å². The molecule has 0 aliphatic heterocycles. The molecular weight excluding hydrogens is 430 g/mol. The molecule has 0 saturated heterocycles. The van der Waals surface area contributed by atoms with Crippen LogP contribution < -0.4 is 10.9 Å². The molecule has 1 atom stereocenters. The van der Waals surface area contributed by atoms with Crippen molar-refractivity contribution in [3.8, 4) is 5.75 Å². The van der Waals surface area contributed by atoms with Gasteiger partial charge in [-0.25, -0.2) is 9.59 Å². The maximum atomic E-state index is 12.8. The maximum absolute atomic E-state index is 12.8. The number of thiophene rings is 1. The minimum atomic E-state index is -1.15. The van der Waals surface area contributed by atoms with E-state index in [2.05, 4.69) is 12.2 Å². The second kappa shape index (κ2) is 12.0. The van der Waals surface area contributed by atoms with Gasteiger partial charge in [0.05, 0.1) is 0 Å². The van der Waals surface area contributed by atoms with E-state index in [0.717, 1.165) is 24.1 Å². The Morgan fingerprint density at radius 2 is 2.06 bits per heavy atom. The van der Waals surface area contributed by atoms with Crippen LogP contribution >= 0.6 is 11.3 Å². The van der Waals surface area contributed by atoms with E-state index in [1.165, 1.54) is 17.1 Å². The third-order valence-corrected chi connectivity index (χ3v) is 6.02. The predicted octanol–water partition coefficient (Wildman–Crippen LogP) is 5.70. The molecule has 1 amide bonds. The average molecular weight is 460 g/mol. The molecule has 0 fully saturated rings. The summed E-state index contributed by atoms with van der Waals surface area (Å²) in [5, 5.41) is 21.0. The summed E-state index contributed by atoms with van der Waals surface area (Å²) in [4.78, 5) is 37.8. The van der Waals surface area contributed by atoms with Crippen LogP contribution in [-0.2, 0) is 6.42 Å². The Balaban J connectivity index is 2.12. The van der Waals surface area contributed by atoms with Crippen LogP contribution in [0.4, 0.5) is 4.79 Å². The van der Waals surface area contributed by atoms with E-state index in [1.54, 1.807) is 30.4 Å². The Bertz CT molecular complexity index is 1060. The van der Waals surface area contributed by atoms with Gasteiger partial charge in [-0.05, 0) is 56.4 Å². The molecular formula is C24H29NO6S. The molecule has 2 aromatic heterocycles. The lowest BCUT2D eigenvalue weighted by molar-refractivity contribution is 0.102. The standard InChI is InChI=1S/C24H29NO6S/c1-4-5-9-17-10-11-18(32-17)13-16(3)22(27)21-19(26)14-20(31-23(21)28)15(2)8-6-7-12-25-24(29)30/h7,10-15,25-26H,4-6,8-9H2,1-3H3,(H,29,30)/b12-7+,16-13+. The van der Waals surface area contributed by atoms with Crippen molar-refractivity contribution in [3.63, 3.8) is 0 Å². The first-order valence-corrected chi connectivity index (χ1v) is 11.4. The van der Waals surface area contributed by atoms with Crippen molar-refractivity contribution in [3.05, 3.63) is 67.5 Å². The Morgan fingerprint density at radius 3 is 2.72 bits per heavy atom. The number of aromatic hydroxyl groups is 1. The van der Waals surface area contributed by atoms with Gasteiger partial charge >= 0.3 is 11.7 Å². The zero-order chi connectivity index (χ0) is 23.7. The number of carbonyl (C=O) groups is 2. The van der Waals surface area contributed by atoms with Gasteiger partial charge in [0.1, 0.15) is 17.1 Å². The van der Waals surface area contributed by atoms with Gasteiger partial charge in [-0.2, -0.15) is 0 Å². The molecule has 172 valence electrons. The van der Waals surface area contributed by atoms with E-state index in [4.69, 9.17) is 9.52 Å². The van der Waals surface area contributed by atoms with Crippen molar-refractivity contribution in [1.82, 2.24) is 5.32 Å². The minimum Gasteiger partial charge on any atom is -0.507 e. The van der Waals surface area contributed by atoms with E-state index in [-0.39, 0.29) is 17.2 Å². The predicted molar refractivity (Wildman–Crippen MR) is 126 cm³/mol. The van der Waals surface area contributed by atoms with Crippen LogP contribution in [0.25, 0.3) is 6.08 Å². The van der Waals surface area contributed by atoms with Crippen molar-refractivity contribution < 1.29 is 24.2 Å². The molecule has 0 radical (unpaired) electrons. The molecule has 2 rings (SSSR count). The van der Waals surface area contributed by atoms with E-state index in [9.17, 15) is 19.5 Å². The highest BCUT2D eigenvalue weighted by molar-refractivity contribution is 7.12. The van der Waals surface area contributed by atoms with Crippen molar-refractivity contribution in [2.75, 3.05) is 0 Å². The summed E-state index contributed by atoms with van der Waals surface area (Å²) in [6.07, 6.45) is 7.85. The lowest BCUT2D eigenvalue weighted by Crippen LogP contribution is -2.16. The molecule has 2 heterocycles. The van der Waals surface area contributed by atoms with Crippen LogP contribution in [0.15, 0.2) is 45.3 Å². The monoisotopic (exact) mass is 459 g/mol. The minimum absolute atomic E-state index is 0.212. The SMILES string of the molecule is CCCCc1ccc(/C=C(\C)C(=O)c2c(O)cc(C(C)CC/C=C/NC(=O)O)oc2=O)s1. The van der Waals surface area contributed by atoms with Gasteiger partial charge in [0, 0.05) is 27.9 Å². The summed E-state index contributed by atoms with van der Waals surface area (Å²) >= 11 is 1.61. The van der Waals surface area contributed by atoms with Crippen molar-refractivity contribution in [1.29, 1.82) is 0 Å². The molecule has 0 aliphatic rings. The Hall–Kier alpha value is -3.13. The molecule has 8 heteroatoms. The van der Waals surface area contributed by atoms with Crippen molar-refractivity contribution in [2.45, 2.75) is 58.8 Å². The fraction of sp³-hybridized carbons (Fsp3) is 0.375. The molecule has 2 aromatic rings. The number of nitrogens with one attached hydrogen (secondary N) is 1.